The standard InChI is InChI=1S/C24H40N4O3/c1-4-25-24(26-17-22(29)21-16-20(30-2)10-11-23(21)31-3)27-18-12-14-28(15-13-18)19-8-6-5-7-9-19/h10-11,16,18-19,22,29H,4-9,12-15,17H2,1-3H3,(H2,25,26,27). The summed E-state index contributed by atoms with van der Waals surface area (Å²) >= 11 is 0. The molecule has 0 radical (unpaired) electrons. The number of hydrogen-bond donors (Lipinski definition) is 3. The Morgan fingerprint density at radius 3 is 2.52 bits per heavy atom. The van der Waals surface area contributed by atoms with E-state index in [9.17, 15) is 5.11 Å². The molecule has 1 atom stereocenters. The number of piperidine rings is 1. The molecule has 1 unspecified atom stereocenters. The number of methoxy groups -OCH3 is 2. The Morgan fingerprint density at radius 1 is 1.13 bits per heavy atom. The number of aliphatic hydroxyl groups excluding tert-OH is 1. The molecule has 2 fully saturated rings. The van der Waals surface area contributed by atoms with Crippen molar-refractivity contribution in [1.82, 2.24) is 15.5 Å². The highest BCUT2D eigenvalue weighted by Gasteiger charge is 2.26. The fourth-order valence-electron chi connectivity index (χ4n) is 4.74. The first-order valence-electron chi connectivity index (χ1n) is 11.8. The van der Waals surface area contributed by atoms with Gasteiger partial charge < -0.3 is 30.1 Å². The molecule has 1 saturated carbocycles. The summed E-state index contributed by atoms with van der Waals surface area (Å²) in [5.41, 5.74) is 0.683. The summed E-state index contributed by atoms with van der Waals surface area (Å²) in [6.45, 7) is 5.41. The quantitative estimate of drug-likeness (QED) is 0.433. The van der Waals surface area contributed by atoms with Crippen LogP contribution in [0, 0.1) is 0 Å². The Bertz CT molecular complexity index is 698. The van der Waals surface area contributed by atoms with Crippen molar-refractivity contribution < 1.29 is 14.6 Å². The van der Waals surface area contributed by atoms with Crippen LogP contribution in [0.2, 0.25) is 0 Å². The molecule has 1 heterocycles. The zero-order valence-corrected chi connectivity index (χ0v) is 19.4. The van der Waals surface area contributed by atoms with E-state index in [4.69, 9.17) is 9.47 Å². The fourth-order valence-corrected chi connectivity index (χ4v) is 4.74. The molecule has 0 bridgehead atoms. The van der Waals surface area contributed by atoms with Gasteiger partial charge in [-0.05, 0) is 50.8 Å². The molecule has 1 aliphatic heterocycles. The van der Waals surface area contributed by atoms with Gasteiger partial charge in [-0.2, -0.15) is 0 Å². The minimum Gasteiger partial charge on any atom is -0.497 e. The number of rotatable bonds is 8. The molecule has 1 aromatic carbocycles. The summed E-state index contributed by atoms with van der Waals surface area (Å²) in [5, 5.41) is 17.7. The summed E-state index contributed by atoms with van der Waals surface area (Å²) in [6.07, 6.45) is 8.42. The van der Waals surface area contributed by atoms with Crippen molar-refractivity contribution in [2.24, 2.45) is 4.99 Å². The van der Waals surface area contributed by atoms with Crippen molar-refractivity contribution in [1.29, 1.82) is 0 Å². The molecule has 0 amide bonds. The molecular weight excluding hydrogens is 392 g/mol. The van der Waals surface area contributed by atoms with E-state index in [-0.39, 0.29) is 6.54 Å². The van der Waals surface area contributed by atoms with Gasteiger partial charge in [-0.1, -0.05) is 19.3 Å². The lowest BCUT2D eigenvalue weighted by atomic mass is 9.92. The van der Waals surface area contributed by atoms with Gasteiger partial charge in [0.25, 0.3) is 0 Å². The van der Waals surface area contributed by atoms with Gasteiger partial charge in [-0.15, -0.1) is 0 Å². The van der Waals surface area contributed by atoms with Crippen LogP contribution in [-0.4, -0.2) is 68.4 Å². The molecule has 3 rings (SSSR count). The second-order valence-electron chi connectivity index (χ2n) is 8.59. The lowest BCUT2D eigenvalue weighted by Crippen LogP contribution is -2.51. The maximum absolute atomic E-state index is 10.7. The normalized spacial score (nSPS) is 20.3. The summed E-state index contributed by atoms with van der Waals surface area (Å²) in [4.78, 5) is 7.35. The lowest BCUT2D eigenvalue weighted by Gasteiger charge is -2.39. The van der Waals surface area contributed by atoms with E-state index in [0.717, 1.165) is 44.5 Å². The molecule has 0 spiro atoms. The number of ether oxygens (including phenoxy) is 2. The maximum Gasteiger partial charge on any atom is 0.191 e. The van der Waals surface area contributed by atoms with E-state index in [2.05, 4.69) is 27.4 Å². The van der Waals surface area contributed by atoms with Crippen molar-refractivity contribution in [2.45, 2.75) is 70.1 Å². The van der Waals surface area contributed by atoms with Crippen LogP contribution < -0.4 is 20.1 Å². The Kier molecular flexibility index (Phi) is 9.28. The van der Waals surface area contributed by atoms with Crippen LogP contribution in [0.4, 0.5) is 0 Å². The average molecular weight is 433 g/mol. The minimum atomic E-state index is -0.770. The van der Waals surface area contributed by atoms with Crippen molar-refractivity contribution in [3.05, 3.63) is 23.8 Å². The zero-order valence-electron chi connectivity index (χ0n) is 19.4. The van der Waals surface area contributed by atoms with Crippen LogP contribution in [0.5, 0.6) is 11.5 Å². The smallest absolute Gasteiger partial charge is 0.191 e. The van der Waals surface area contributed by atoms with Gasteiger partial charge >= 0.3 is 0 Å². The first kappa shape index (κ1) is 23.7. The Morgan fingerprint density at radius 2 is 1.87 bits per heavy atom. The maximum atomic E-state index is 10.7. The number of hydrogen-bond acceptors (Lipinski definition) is 5. The monoisotopic (exact) mass is 432 g/mol. The lowest BCUT2D eigenvalue weighted by molar-refractivity contribution is 0.119. The molecule has 174 valence electrons. The van der Waals surface area contributed by atoms with Crippen molar-refractivity contribution >= 4 is 5.96 Å². The Balaban J connectivity index is 1.55. The average Bonchev–Trinajstić information content (AvgIpc) is 2.83. The molecule has 1 saturated heterocycles. The highest BCUT2D eigenvalue weighted by molar-refractivity contribution is 5.80. The summed E-state index contributed by atoms with van der Waals surface area (Å²) in [6, 6.07) is 6.65. The van der Waals surface area contributed by atoms with Crippen molar-refractivity contribution in [2.75, 3.05) is 40.4 Å². The topological polar surface area (TPSA) is 78.4 Å². The fraction of sp³-hybridized carbons (Fsp3) is 0.708. The molecule has 7 nitrogen and oxygen atoms in total. The van der Waals surface area contributed by atoms with E-state index >= 15 is 0 Å². The summed E-state index contributed by atoms with van der Waals surface area (Å²) in [5.74, 6) is 2.09. The van der Waals surface area contributed by atoms with Crippen molar-refractivity contribution in [3.8, 4) is 11.5 Å². The Hall–Kier alpha value is -1.99. The zero-order chi connectivity index (χ0) is 22.1. The van der Waals surface area contributed by atoms with Gasteiger partial charge in [0.15, 0.2) is 5.96 Å². The van der Waals surface area contributed by atoms with E-state index < -0.39 is 6.10 Å². The molecule has 0 aromatic heterocycles. The SMILES string of the molecule is CCNC(=NCC(O)c1cc(OC)ccc1OC)NC1CCN(C2CCCCC2)CC1. The number of nitrogens with one attached hydrogen (secondary N) is 2. The van der Waals surface area contributed by atoms with Gasteiger partial charge in [0.05, 0.1) is 20.8 Å². The summed E-state index contributed by atoms with van der Waals surface area (Å²) in [7, 11) is 3.22. The van der Waals surface area contributed by atoms with Gasteiger partial charge in [0, 0.05) is 37.3 Å². The first-order chi connectivity index (χ1) is 15.1. The third-order valence-corrected chi connectivity index (χ3v) is 6.52. The first-order valence-corrected chi connectivity index (χ1v) is 11.8. The van der Waals surface area contributed by atoms with Gasteiger partial charge in [-0.3, -0.25) is 4.99 Å². The predicted octanol–water partition coefficient (Wildman–Crippen LogP) is 3.09. The highest BCUT2D eigenvalue weighted by atomic mass is 16.5. The molecular formula is C24H40N4O3. The Labute approximate surface area is 187 Å². The highest BCUT2D eigenvalue weighted by Crippen LogP contribution is 2.29. The predicted molar refractivity (Wildman–Crippen MR) is 125 cm³/mol. The van der Waals surface area contributed by atoms with Crippen LogP contribution in [0.3, 0.4) is 0 Å². The van der Waals surface area contributed by atoms with E-state index in [1.54, 1.807) is 20.3 Å². The second-order valence-corrected chi connectivity index (χ2v) is 8.59. The minimum absolute atomic E-state index is 0.250. The third-order valence-electron chi connectivity index (χ3n) is 6.52. The number of aliphatic hydroxyl groups is 1. The van der Waals surface area contributed by atoms with Crippen LogP contribution in [-0.2, 0) is 0 Å². The number of guanidine groups is 1. The molecule has 1 aromatic rings. The van der Waals surface area contributed by atoms with Crippen LogP contribution >= 0.6 is 0 Å². The molecule has 3 N–H and O–H groups in total. The second kappa shape index (κ2) is 12.2. The van der Waals surface area contributed by atoms with Crippen LogP contribution in [0.15, 0.2) is 23.2 Å². The van der Waals surface area contributed by atoms with Gasteiger partial charge in [-0.25, -0.2) is 0 Å². The largest absolute Gasteiger partial charge is 0.497 e. The van der Waals surface area contributed by atoms with Crippen molar-refractivity contribution in [3.63, 3.8) is 0 Å². The third kappa shape index (κ3) is 6.74. The number of nitrogens with zero attached hydrogens (tertiary/aromatic N) is 2. The molecule has 31 heavy (non-hydrogen) atoms. The number of benzene rings is 1. The number of likely N-dealkylation sites (tertiary alicyclic amines) is 1. The van der Waals surface area contributed by atoms with Crippen LogP contribution in [0.25, 0.3) is 0 Å². The van der Waals surface area contributed by atoms with Gasteiger partial charge in [0.1, 0.15) is 17.6 Å². The van der Waals surface area contributed by atoms with E-state index in [0.29, 0.717) is 23.1 Å². The van der Waals surface area contributed by atoms with E-state index in [1.165, 1.54) is 32.1 Å². The molecule has 2 aliphatic rings. The summed E-state index contributed by atoms with van der Waals surface area (Å²) < 4.78 is 10.7. The number of aliphatic imine (C=N–C) groups is 1. The van der Waals surface area contributed by atoms with Crippen LogP contribution in [0.1, 0.15) is 63.5 Å². The molecule has 1 aliphatic carbocycles. The van der Waals surface area contributed by atoms with Gasteiger partial charge in [0.2, 0.25) is 0 Å². The van der Waals surface area contributed by atoms with E-state index in [1.807, 2.05) is 12.1 Å². The molecule has 7 heteroatoms.